The van der Waals surface area contributed by atoms with E-state index < -0.39 is 0 Å². The van der Waals surface area contributed by atoms with Crippen LogP contribution in [0.1, 0.15) is 44.6 Å². The van der Waals surface area contributed by atoms with Gasteiger partial charge in [-0.25, -0.2) is 0 Å². The van der Waals surface area contributed by atoms with Crippen LogP contribution in [0.5, 0.6) is 0 Å². The molecule has 1 atom stereocenters. The number of nitrogens with one attached hydrogen (secondary N) is 2. The topological polar surface area (TPSA) is 36.4 Å². The fourth-order valence-electron chi connectivity index (χ4n) is 2.14. The number of hydrogen-bond donors (Lipinski definition) is 2. The summed E-state index contributed by atoms with van der Waals surface area (Å²) in [6, 6.07) is 11.3. The number of benzene rings is 1. The van der Waals surface area contributed by atoms with Crippen LogP contribution >= 0.6 is 0 Å². The molecular weight excluding hydrogens is 234 g/mol. The Kier molecular flexibility index (Phi) is 5.25. The number of aliphatic imine (C=N–C) groups is 1. The first kappa shape index (κ1) is 13.9. The fourth-order valence-corrected chi connectivity index (χ4v) is 2.14. The Balaban J connectivity index is 1.95. The summed E-state index contributed by atoms with van der Waals surface area (Å²) in [6.07, 6.45) is 3.68. The minimum atomic E-state index is 0.510. The van der Waals surface area contributed by atoms with E-state index in [9.17, 15) is 0 Å². The van der Waals surface area contributed by atoms with Crippen molar-refractivity contribution >= 4 is 5.96 Å². The molecule has 1 aromatic carbocycles. The van der Waals surface area contributed by atoms with Crippen molar-refractivity contribution in [3.8, 4) is 0 Å². The second kappa shape index (κ2) is 7.17. The lowest BCUT2D eigenvalue weighted by atomic mass is 9.97. The van der Waals surface area contributed by atoms with Gasteiger partial charge in [-0.3, -0.25) is 4.99 Å². The molecule has 1 fully saturated rings. The second-order valence-corrected chi connectivity index (χ2v) is 5.15. The van der Waals surface area contributed by atoms with Gasteiger partial charge in [0.15, 0.2) is 5.96 Å². The van der Waals surface area contributed by atoms with Gasteiger partial charge >= 0.3 is 0 Å². The first-order chi connectivity index (χ1) is 9.33. The lowest BCUT2D eigenvalue weighted by molar-refractivity contribution is 0.667. The van der Waals surface area contributed by atoms with Crippen LogP contribution in [0.25, 0.3) is 0 Å². The molecule has 0 aliphatic heterocycles. The quantitative estimate of drug-likeness (QED) is 0.609. The van der Waals surface area contributed by atoms with Crippen LogP contribution in [0.15, 0.2) is 35.3 Å². The van der Waals surface area contributed by atoms with Gasteiger partial charge in [0.1, 0.15) is 0 Å². The van der Waals surface area contributed by atoms with E-state index in [0.29, 0.717) is 12.0 Å². The van der Waals surface area contributed by atoms with Crippen LogP contribution in [0, 0.1) is 0 Å². The highest BCUT2D eigenvalue weighted by atomic mass is 15.2. The minimum absolute atomic E-state index is 0.510. The summed E-state index contributed by atoms with van der Waals surface area (Å²) in [5.74, 6) is 1.48. The van der Waals surface area contributed by atoms with Crippen molar-refractivity contribution in [3.05, 3.63) is 35.9 Å². The smallest absolute Gasteiger partial charge is 0.191 e. The Labute approximate surface area is 116 Å². The molecule has 1 aromatic rings. The predicted molar refractivity (Wildman–Crippen MR) is 81.6 cm³/mol. The molecule has 0 amide bonds. The van der Waals surface area contributed by atoms with Crippen molar-refractivity contribution in [1.29, 1.82) is 0 Å². The first-order valence-corrected chi connectivity index (χ1v) is 7.43. The maximum atomic E-state index is 4.74. The van der Waals surface area contributed by atoms with E-state index in [-0.39, 0.29) is 0 Å². The molecule has 0 aromatic heterocycles. The molecule has 2 N–H and O–H groups in total. The van der Waals surface area contributed by atoms with E-state index in [1.165, 1.54) is 18.4 Å². The Morgan fingerprint density at radius 2 is 2.00 bits per heavy atom. The van der Waals surface area contributed by atoms with Crippen LogP contribution in [0.3, 0.4) is 0 Å². The molecule has 2 rings (SSSR count). The molecule has 0 heterocycles. The third-order valence-electron chi connectivity index (χ3n) is 3.50. The third kappa shape index (κ3) is 4.58. The molecule has 1 aliphatic carbocycles. The maximum Gasteiger partial charge on any atom is 0.191 e. The highest BCUT2D eigenvalue weighted by molar-refractivity contribution is 5.80. The lowest BCUT2D eigenvalue weighted by Gasteiger charge is -2.15. The molecular formula is C16H25N3. The Bertz CT molecular complexity index is 396. The van der Waals surface area contributed by atoms with E-state index in [1.807, 2.05) is 0 Å². The second-order valence-electron chi connectivity index (χ2n) is 5.15. The van der Waals surface area contributed by atoms with E-state index >= 15 is 0 Å². The largest absolute Gasteiger partial charge is 0.357 e. The van der Waals surface area contributed by atoms with Gasteiger partial charge in [-0.05, 0) is 31.7 Å². The van der Waals surface area contributed by atoms with Crippen LogP contribution in [-0.4, -0.2) is 25.1 Å². The molecule has 3 nitrogen and oxygen atoms in total. The van der Waals surface area contributed by atoms with Crippen molar-refractivity contribution in [3.63, 3.8) is 0 Å². The SMILES string of the molecule is CCNC(=NCC(CC)c1ccccc1)NC1CC1. The molecule has 1 unspecified atom stereocenters. The van der Waals surface area contributed by atoms with Gasteiger partial charge in [0.25, 0.3) is 0 Å². The summed E-state index contributed by atoms with van der Waals surface area (Å²) in [6.45, 7) is 6.11. The molecule has 3 heteroatoms. The zero-order chi connectivity index (χ0) is 13.5. The third-order valence-corrected chi connectivity index (χ3v) is 3.50. The highest BCUT2D eigenvalue weighted by Crippen LogP contribution is 2.20. The van der Waals surface area contributed by atoms with E-state index in [0.717, 1.165) is 25.5 Å². The van der Waals surface area contributed by atoms with Crippen LogP contribution in [0.2, 0.25) is 0 Å². The van der Waals surface area contributed by atoms with E-state index in [2.05, 4.69) is 54.8 Å². The average Bonchev–Trinajstić information content (AvgIpc) is 3.25. The van der Waals surface area contributed by atoms with Gasteiger partial charge in [0.2, 0.25) is 0 Å². The number of nitrogens with zero attached hydrogens (tertiary/aromatic N) is 1. The van der Waals surface area contributed by atoms with Gasteiger partial charge in [-0.2, -0.15) is 0 Å². The van der Waals surface area contributed by atoms with Gasteiger partial charge in [-0.1, -0.05) is 37.3 Å². The minimum Gasteiger partial charge on any atom is -0.357 e. The van der Waals surface area contributed by atoms with Gasteiger partial charge in [0, 0.05) is 25.0 Å². The maximum absolute atomic E-state index is 4.74. The predicted octanol–water partition coefficient (Wildman–Crippen LogP) is 2.90. The van der Waals surface area contributed by atoms with Crippen molar-refractivity contribution in [2.24, 2.45) is 4.99 Å². The summed E-state index contributed by atoms with van der Waals surface area (Å²) in [7, 11) is 0. The summed E-state index contributed by atoms with van der Waals surface area (Å²) in [4.78, 5) is 4.74. The molecule has 1 saturated carbocycles. The Morgan fingerprint density at radius 1 is 1.26 bits per heavy atom. The molecule has 1 aliphatic rings. The lowest BCUT2D eigenvalue weighted by Crippen LogP contribution is -2.38. The monoisotopic (exact) mass is 259 g/mol. The van der Waals surface area contributed by atoms with Crippen LogP contribution in [0.4, 0.5) is 0 Å². The summed E-state index contributed by atoms with van der Waals surface area (Å²) in [5, 5.41) is 6.79. The number of rotatable bonds is 6. The number of hydrogen-bond acceptors (Lipinski definition) is 1. The van der Waals surface area contributed by atoms with Gasteiger partial charge in [-0.15, -0.1) is 0 Å². The highest BCUT2D eigenvalue weighted by Gasteiger charge is 2.22. The van der Waals surface area contributed by atoms with Gasteiger partial charge < -0.3 is 10.6 Å². The normalized spacial score (nSPS) is 17.1. The number of guanidine groups is 1. The van der Waals surface area contributed by atoms with Crippen LogP contribution < -0.4 is 10.6 Å². The molecule has 0 spiro atoms. The molecule has 0 saturated heterocycles. The molecule has 104 valence electrons. The summed E-state index contributed by atoms with van der Waals surface area (Å²) >= 11 is 0. The Morgan fingerprint density at radius 3 is 2.58 bits per heavy atom. The van der Waals surface area contributed by atoms with Gasteiger partial charge in [0.05, 0.1) is 0 Å². The Hall–Kier alpha value is -1.51. The zero-order valence-corrected chi connectivity index (χ0v) is 12.0. The standard InChI is InChI=1S/C16H25N3/c1-3-13(14-8-6-5-7-9-14)12-18-16(17-4-2)19-15-10-11-15/h5-9,13,15H,3-4,10-12H2,1-2H3,(H2,17,18,19). The first-order valence-electron chi connectivity index (χ1n) is 7.43. The zero-order valence-electron chi connectivity index (χ0n) is 12.0. The average molecular weight is 259 g/mol. The fraction of sp³-hybridized carbons (Fsp3) is 0.562. The molecule has 19 heavy (non-hydrogen) atoms. The van der Waals surface area contributed by atoms with Crippen molar-refractivity contribution < 1.29 is 0 Å². The van der Waals surface area contributed by atoms with E-state index in [1.54, 1.807) is 0 Å². The van der Waals surface area contributed by atoms with Crippen molar-refractivity contribution in [2.45, 2.75) is 45.1 Å². The van der Waals surface area contributed by atoms with E-state index in [4.69, 9.17) is 4.99 Å². The van der Waals surface area contributed by atoms with Crippen molar-refractivity contribution in [2.75, 3.05) is 13.1 Å². The molecule has 0 radical (unpaired) electrons. The van der Waals surface area contributed by atoms with Crippen LogP contribution in [-0.2, 0) is 0 Å². The molecule has 0 bridgehead atoms. The van der Waals surface area contributed by atoms with Crippen molar-refractivity contribution in [1.82, 2.24) is 10.6 Å². The summed E-state index contributed by atoms with van der Waals surface area (Å²) in [5.41, 5.74) is 1.39. The summed E-state index contributed by atoms with van der Waals surface area (Å²) < 4.78 is 0.